The molecule has 9 saturated carbocycles. The van der Waals surface area contributed by atoms with Crippen LogP contribution in [0.2, 0.25) is 0 Å². The van der Waals surface area contributed by atoms with Crippen molar-refractivity contribution in [3.63, 3.8) is 0 Å². The SMILES string of the molecule is CCOC(=O)CN(CCO[C@H]1CC[C@@]2(C)C(=CCC3C2CC[C@@]2(C)C3CC[C@@H]2[C@H](C)CCCC(C)C)C1)CC(=O)OCC.CCOC(=O)CN(CCO[C@H]1CC[C@@]2(C)C(=CCC3C2CC[C@@]2(C)C3CC[C@@H]2[C@H](C)CCCC(C)C)C1)CC(=O)OCC.CCOC(=O)CN(CCO[C@H]1CC[C@@]2(C)C(=CCC3C2CC[C@@]2(C)C3CC[C@@H]2[C@H](C)CCCC(C)C)C1)CC(=O)OCC. The number of hydrogen-bond acceptors (Lipinski definition) is 18. The van der Waals surface area contributed by atoms with E-state index < -0.39 is 0 Å². The molecular weight excluding hydrogens is 1620 g/mol. The number of ether oxygens (including phenoxy) is 9. The second-order valence-corrected chi connectivity index (χ2v) is 46.0. The molecule has 18 nitrogen and oxygen atoms in total. The zero-order valence-electron chi connectivity index (χ0n) is 85.9. The maximum absolute atomic E-state index is 12.1. The predicted molar refractivity (Wildman–Crippen MR) is 517 cm³/mol. The Balaban J connectivity index is 0.000000201. The first kappa shape index (κ1) is 107. The van der Waals surface area contributed by atoms with E-state index in [1.165, 1.54) is 173 Å². The van der Waals surface area contributed by atoms with E-state index in [0.29, 0.717) is 112 Å². The van der Waals surface area contributed by atoms with Crippen LogP contribution in [0.1, 0.15) is 357 Å². The molecule has 0 aromatic heterocycles. The molecular formula is C111H189N3O15. The largest absolute Gasteiger partial charge is 0.465 e. The Labute approximate surface area is 785 Å². The van der Waals surface area contributed by atoms with Gasteiger partial charge in [0.05, 0.1) is 117 Å². The zero-order valence-corrected chi connectivity index (χ0v) is 85.9. The van der Waals surface area contributed by atoms with Crippen LogP contribution >= 0.6 is 0 Å². The fourth-order valence-corrected chi connectivity index (χ4v) is 30.4. The minimum atomic E-state index is -0.320. The van der Waals surface area contributed by atoms with Crippen molar-refractivity contribution < 1.29 is 71.4 Å². The van der Waals surface area contributed by atoms with Crippen LogP contribution in [0.4, 0.5) is 0 Å². The maximum atomic E-state index is 12.1. The summed E-state index contributed by atoms with van der Waals surface area (Å²) in [5.41, 5.74) is 7.43. The third kappa shape index (κ3) is 27.2. The quantitative estimate of drug-likeness (QED) is 0.0317. The summed E-state index contributed by atoms with van der Waals surface area (Å²) in [6, 6.07) is 0. The fraction of sp³-hybridized carbons (Fsp3) is 0.892. The average Bonchev–Trinajstić information content (AvgIpc) is 1.68. The van der Waals surface area contributed by atoms with Crippen molar-refractivity contribution in [2.45, 2.75) is 376 Å². The lowest BCUT2D eigenvalue weighted by atomic mass is 9.47. The molecule has 0 amide bonds. The Kier molecular flexibility index (Phi) is 41.2. The number of hydrogen-bond donors (Lipinski definition) is 0. The van der Waals surface area contributed by atoms with Crippen LogP contribution in [-0.2, 0) is 71.4 Å². The molecule has 0 aromatic carbocycles. The van der Waals surface area contributed by atoms with Crippen LogP contribution in [0.3, 0.4) is 0 Å². The third-order valence-corrected chi connectivity index (χ3v) is 37.0. The molecule has 18 heteroatoms. The van der Waals surface area contributed by atoms with E-state index in [9.17, 15) is 28.8 Å². The van der Waals surface area contributed by atoms with Crippen molar-refractivity contribution in [2.75, 3.05) is 118 Å². The minimum Gasteiger partial charge on any atom is -0.465 e. The van der Waals surface area contributed by atoms with E-state index in [-0.39, 0.29) is 93.4 Å². The van der Waals surface area contributed by atoms with E-state index in [1.54, 1.807) is 73.0 Å². The van der Waals surface area contributed by atoms with Crippen molar-refractivity contribution in [3.8, 4) is 0 Å². The standard InChI is InChI=1S/3C37H63NO5/c3*1-8-41-34(39)24-38(25-35(40)42-9-2)21-22-43-29-17-19-36(6)28(23-29)13-14-30-32-16-15-31(27(5)12-10-11-26(3)4)37(32,7)20-18-33(30)36/h3*13,26-27,29-33H,8-12,14-25H2,1-7H3/t3*27-,29+,30?,31-,32?,33?,36+,37-/m111/s1. The summed E-state index contributed by atoms with van der Waals surface area (Å²) >= 11 is 0. The van der Waals surface area contributed by atoms with Gasteiger partial charge in [-0.05, 0) is 335 Å². The molecule has 0 saturated heterocycles. The summed E-state index contributed by atoms with van der Waals surface area (Å²) in [5, 5.41) is 0. The molecule has 0 aliphatic heterocycles. The van der Waals surface area contributed by atoms with Gasteiger partial charge in [-0.25, -0.2) is 0 Å². The average molecular weight is 1810 g/mol. The Morgan fingerprint density at radius 2 is 0.543 bits per heavy atom. The molecule has 0 heterocycles. The van der Waals surface area contributed by atoms with Gasteiger partial charge in [-0.2, -0.15) is 0 Å². The summed E-state index contributed by atoms with van der Waals surface area (Å²) in [7, 11) is 0. The number of nitrogens with zero attached hydrogens (tertiary/aromatic N) is 3. The van der Waals surface area contributed by atoms with Crippen molar-refractivity contribution in [1.82, 2.24) is 14.7 Å². The highest BCUT2D eigenvalue weighted by molar-refractivity contribution is 5.76. The van der Waals surface area contributed by atoms with E-state index >= 15 is 0 Å². The highest BCUT2D eigenvalue weighted by Gasteiger charge is 2.63. The van der Waals surface area contributed by atoms with Crippen LogP contribution in [0.25, 0.3) is 0 Å². The van der Waals surface area contributed by atoms with Gasteiger partial charge in [0, 0.05) is 19.6 Å². The van der Waals surface area contributed by atoms with Crippen molar-refractivity contribution in [2.24, 2.45) is 139 Å². The molecule has 738 valence electrons. The summed E-state index contributed by atoms with van der Waals surface area (Å²) in [4.78, 5) is 78.0. The molecule has 24 atom stereocenters. The maximum Gasteiger partial charge on any atom is 0.320 e. The zero-order chi connectivity index (χ0) is 93.6. The van der Waals surface area contributed by atoms with E-state index in [0.717, 1.165) is 145 Å². The Morgan fingerprint density at radius 3 is 0.760 bits per heavy atom. The predicted octanol–water partition coefficient (Wildman–Crippen LogP) is 23.5. The first-order valence-electron chi connectivity index (χ1n) is 53.6. The van der Waals surface area contributed by atoms with Crippen molar-refractivity contribution in [3.05, 3.63) is 34.9 Å². The lowest BCUT2D eigenvalue weighted by molar-refractivity contribution is -0.150. The first-order chi connectivity index (χ1) is 61.5. The molecule has 0 bridgehead atoms. The lowest BCUT2D eigenvalue weighted by Gasteiger charge is -2.58. The molecule has 12 aliphatic rings. The first-order valence-corrected chi connectivity index (χ1v) is 53.6. The van der Waals surface area contributed by atoms with Gasteiger partial charge >= 0.3 is 35.8 Å². The molecule has 0 N–H and O–H groups in total. The van der Waals surface area contributed by atoms with Gasteiger partial charge in [0.25, 0.3) is 0 Å². The number of carbonyl (C=O) groups is 6. The highest BCUT2D eigenvalue weighted by atomic mass is 16.6. The van der Waals surface area contributed by atoms with Gasteiger partial charge in [-0.3, -0.25) is 43.5 Å². The number of fused-ring (bicyclic) bond motifs is 15. The lowest BCUT2D eigenvalue weighted by Crippen LogP contribution is -2.51. The molecule has 9 fully saturated rings. The third-order valence-electron chi connectivity index (χ3n) is 37.0. The van der Waals surface area contributed by atoms with Gasteiger partial charge in [0.2, 0.25) is 0 Å². The highest BCUT2D eigenvalue weighted by Crippen LogP contribution is 2.71. The van der Waals surface area contributed by atoms with Crippen molar-refractivity contribution >= 4 is 35.8 Å². The van der Waals surface area contributed by atoms with E-state index in [2.05, 4.69) is 122 Å². The van der Waals surface area contributed by atoms with Crippen LogP contribution in [0.15, 0.2) is 34.9 Å². The smallest absolute Gasteiger partial charge is 0.320 e. The molecule has 0 radical (unpaired) electrons. The van der Waals surface area contributed by atoms with E-state index in [1.807, 2.05) is 0 Å². The summed E-state index contributed by atoms with van der Waals surface area (Å²) in [6.45, 7) is 53.9. The Hall–Kier alpha value is -4.20. The molecule has 129 heavy (non-hydrogen) atoms. The van der Waals surface area contributed by atoms with Crippen LogP contribution < -0.4 is 0 Å². The topological polar surface area (TPSA) is 195 Å². The van der Waals surface area contributed by atoms with Crippen LogP contribution in [0.5, 0.6) is 0 Å². The normalized spacial score (nSPS) is 34.3. The summed E-state index contributed by atoms with van der Waals surface area (Å²) in [6.07, 6.45) is 51.8. The molecule has 12 rings (SSSR count). The summed E-state index contributed by atoms with van der Waals surface area (Å²) in [5.74, 6) is 13.4. The second kappa shape index (κ2) is 49.7. The summed E-state index contributed by atoms with van der Waals surface area (Å²) < 4.78 is 49.9. The minimum absolute atomic E-state index is 0.0740. The molecule has 9 unspecified atom stereocenters. The number of carbonyl (C=O) groups excluding carboxylic acids is 6. The number of allylic oxidation sites excluding steroid dienone is 3. The van der Waals surface area contributed by atoms with Gasteiger partial charge in [-0.1, -0.05) is 197 Å². The number of rotatable bonds is 45. The molecule has 0 aromatic rings. The van der Waals surface area contributed by atoms with Gasteiger partial charge in [0.1, 0.15) is 0 Å². The monoisotopic (exact) mass is 1800 g/mol. The van der Waals surface area contributed by atoms with E-state index in [4.69, 9.17) is 42.6 Å². The van der Waals surface area contributed by atoms with Gasteiger partial charge in [0.15, 0.2) is 0 Å². The van der Waals surface area contributed by atoms with Crippen LogP contribution in [0, 0.1) is 139 Å². The van der Waals surface area contributed by atoms with Gasteiger partial charge < -0.3 is 42.6 Å². The Morgan fingerprint density at radius 1 is 0.310 bits per heavy atom. The Bertz CT molecular complexity index is 3190. The molecule has 12 aliphatic carbocycles. The van der Waals surface area contributed by atoms with Crippen LogP contribution in [-0.4, -0.2) is 187 Å². The van der Waals surface area contributed by atoms with Gasteiger partial charge in [-0.15, -0.1) is 0 Å². The fourth-order valence-electron chi connectivity index (χ4n) is 30.4. The molecule has 0 spiro atoms. The second-order valence-electron chi connectivity index (χ2n) is 46.0. The number of esters is 6. The van der Waals surface area contributed by atoms with Crippen molar-refractivity contribution in [1.29, 1.82) is 0 Å².